The van der Waals surface area contributed by atoms with Gasteiger partial charge >= 0.3 is 6.18 Å². The zero-order valence-electron chi connectivity index (χ0n) is 16.1. The Morgan fingerprint density at radius 3 is 2.52 bits per heavy atom. The molecule has 0 aliphatic carbocycles. The van der Waals surface area contributed by atoms with Crippen molar-refractivity contribution in [2.45, 2.75) is 6.18 Å². The van der Waals surface area contributed by atoms with E-state index in [0.29, 0.717) is 22.2 Å². The summed E-state index contributed by atoms with van der Waals surface area (Å²) in [7, 11) is 0. The molecular weight excluding hydrogens is 485 g/mol. The van der Waals surface area contributed by atoms with Crippen LogP contribution in [0.3, 0.4) is 0 Å². The first-order valence-electron chi connectivity index (χ1n) is 9.04. The number of hydrogen-bond acceptors (Lipinski definition) is 6. The normalized spacial score (nSPS) is 15.5. The van der Waals surface area contributed by atoms with Crippen LogP contribution in [0.25, 0.3) is 17.4 Å². The van der Waals surface area contributed by atoms with Gasteiger partial charge in [0.1, 0.15) is 11.5 Å². The molecule has 0 saturated carbocycles. The zero-order chi connectivity index (χ0) is 23.9. The molecule has 2 heterocycles. The lowest BCUT2D eigenvalue weighted by molar-refractivity contribution is -0.384. The van der Waals surface area contributed by atoms with Gasteiger partial charge < -0.3 is 4.42 Å². The van der Waals surface area contributed by atoms with Gasteiger partial charge in [0.25, 0.3) is 16.8 Å². The van der Waals surface area contributed by atoms with Crippen LogP contribution in [0.15, 0.2) is 63.9 Å². The number of imide groups is 1. The number of nitro benzene ring substituents is 1. The number of thioether (sulfide) groups is 1. The highest BCUT2D eigenvalue weighted by Gasteiger charge is 2.38. The number of nitro groups is 1. The fourth-order valence-corrected chi connectivity index (χ4v) is 4.12. The summed E-state index contributed by atoms with van der Waals surface area (Å²) in [4.78, 5) is 35.9. The van der Waals surface area contributed by atoms with E-state index in [1.165, 1.54) is 42.5 Å². The lowest BCUT2D eigenvalue weighted by Gasteiger charge is -2.14. The average Bonchev–Trinajstić information content (AvgIpc) is 3.31. The highest BCUT2D eigenvalue weighted by molar-refractivity contribution is 8.19. The van der Waals surface area contributed by atoms with Crippen LogP contribution in [0, 0.1) is 10.1 Å². The first kappa shape index (κ1) is 22.6. The van der Waals surface area contributed by atoms with E-state index < -0.39 is 27.8 Å². The molecule has 2 aromatic carbocycles. The molecule has 1 fully saturated rings. The average molecular weight is 495 g/mol. The number of alkyl halides is 3. The quantitative estimate of drug-likeness (QED) is 0.226. The van der Waals surface area contributed by atoms with E-state index in [2.05, 4.69) is 0 Å². The summed E-state index contributed by atoms with van der Waals surface area (Å²) in [6.07, 6.45) is -3.35. The van der Waals surface area contributed by atoms with E-state index in [1.54, 1.807) is 0 Å². The van der Waals surface area contributed by atoms with Crippen molar-refractivity contribution < 1.29 is 32.1 Å². The number of furan rings is 1. The Morgan fingerprint density at radius 2 is 1.85 bits per heavy atom. The number of carbonyl (C=O) groups excluding carboxylic acids is 2. The van der Waals surface area contributed by atoms with Crippen LogP contribution in [0.4, 0.5) is 29.3 Å². The van der Waals surface area contributed by atoms with E-state index in [0.717, 1.165) is 18.2 Å². The smallest absolute Gasteiger partial charge is 0.416 e. The molecule has 168 valence electrons. The molecule has 1 aliphatic rings. The number of halogens is 4. The third-order valence-electron chi connectivity index (χ3n) is 4.55. The Balaban J connectivity index is 1.61. The SMILES string of the molecule is O=C1S/C(=C/c2ccc(-c3ccc([N+](=O)[O-])cc3Cl)o2)C(=O)N1c1cccc(C(F)(F)F)c1. The minimum atomic E-state index is -4.63. The Kier molecular flexibility index (Phi) is 5.76. The van der Waals surface area contributed by atoms with Crippen molar-refractivity contribution in [2.75, 3.05) is 4.90 Å². The molecule has 1 saturated heterocycles. The van der Waals surface area contributed by atoms with Gasteiger partial charge in [0.05, 0.1) is 26.1 Å². The largest absolute Gasteiger partial charge is 0.457 e. The van der Waals surface area contributed by atoms with E-state index in [1.807, 2.05) is 0 Å². The fraction of sp³-hybridized carbons (Fsp3) is 0.0476. The van der Waals surface area contributed by atoms with E-state index in [9.17, 15) is 32.9 Å². The molecule has 0 bridgehead atoms. The molecule has 0 atom stereocenters. The second kappa shape index (κ2) is 8.41. The molecule has 4 rings (SSSR count). The standard InChI is InChI=1S/C21H10ClF3N2O5S/c22-16-9-13(27(30)31)4-6-15(16)17-7-5-14(32-17)10-18-19(28)26(20(29)33-18)12-3-1-2-11(8-12)21(23,24)25/h1-10H/b18-10+. The van der Waals surface area contributed by atoms with Gasteiger partial charge in [-0.1, -0.05) is 17.7 Å². The Bertz CT molecular complexity index is 1340. The van der Waals surface area contributed by atoms with Crippen molar-refractivity contribution in [3.63, 3.8) is 0 Å². The highest BCUT2D eigenvalue weighted by Crippen LogP contribution is 2.39. The van der Waals surface area contributed by atoms with Gasteiger partial charge in [0.2, 0.25) is 0 Å². The molecular formula is C21H10ClF3N2O5S. The molecule has 2 amide bonds. The molecule has 1 aliphatic heterocycles. The second-order valence-electron chi connectivity index (χ2n) is 6.69. The van der Waals surface area contributed by atoms with Crippen LogP contribution in [-0.2, 0) is 11.0 Å². The number of nitrogens with zero attached hydrogens (tertiary/aromatic N) is 2. The lowest BCUT2D eigenvalue weighted by Crippen LogP contribution is -2.27. The fourth-order valence-electron chi connectivity index (χ4n) is 3.03. The number of carbonyl (C=O) groups is 2. The molecule has 0 N–H and O–H groups in total. The van der Waals surface area contributed by atoms with Gasteiger partial charge in [0.15, 0.2) is 0 Å². The monoisotopic (exact) mass is 494 g/mol. The third-order valence-corrected chi connectivity index (χ3v) is 5.74. The van der Waals surface area contributed by atoms with Crippen LogP contribution < -0.4 is 4.90 Å². The van der Waals surface area contributed by atoms with Gasteiger partial charge in [-0.15, -0.1) is 0 Å². The summed E-state index contributed by atoms with van der Waals surface area (Å²) in [5.41, 5.74) is -1.01. The molecule has 0 spiro atoms. The summed E-state index contributed by atoms with van der Waals surface area (Å²) < 4.78 is 44.6. The van der Waals surface area contributed by atoms with Crippen molar-refractivity contribution in [3.05, 3.63) is 86.0 Å². The number of amides is 2. The van der Waals surface area contributed by atoms with Gasteiger partial charge in [-0.2, -0.15) is 13.2 Å². The van der Waals surface area contributed by atoms with Crippen LogP contribution in [0.5, 0.6) is 0 Å². The topological polar surface area (TPSA) is 93.7 Å². The third kappa shape index (κ3) is 4.50. The number of rotatable bonds is 4. The Hall–Kier alpha value is -3.57. The van der Waals surface area contributed by atoms with E-state index in [4.69, 9.17) is 16.0 Å². The van der Waals surface area contributed by atoms with Crippen LogP contribution in [0.1, 0.15) is 11.3 Å². The molecule has 33 heavy (non-hydrogen) atoms. The van der Waals surface area contributed by atoms with Crippen LogP contribution in [-0.4, -0.2) is 16.1 Å². The first-order chi connectivity index (χ1) is 15.5. The second-order valence-corrected chi connectivity index (χ2v) is 8.09. The first-order valence-corrected chi connectivity index (χ1v) is 10.2. The van der Waals surface area contributed by atoms with Crippen LogP contribution in [0.2, 0.25) is 5.02 Å². The Labute approximate surface area is 192 Å². The molecule has 0 unspecified atom stereocenters. The summed E-state index contributed by atoms with van der Waals surface area (Å²) >= 11 is 6.65. The van der Waals surface area contributed by atoms with Gasteiger partial charge in [-0.05, 0) is 48.2 Å². The summed E-state index contributed by atoms with van der Waals surface area (Å²) in [6, 6.07) is 10.7. The predicted molar refractivity (Wildman–Crippen MR) is 116 cm³/mol. The summed E-state index contributed by atoms with van der Waals surface area (Å²) in [6.45, 7) is 0. The minimum Gasteiger partial charge on any atom is -0.457 e. The van der Waals surface area contributed by atoms with Gasteiger partial charge in [-0.3, -0.25) is 19.7 Å². The van der Waals surface area contributed by atoms with Crippen LogP contribution >= 0.6 is 23.4 Å². The van der Waals surface area contributed by atoms with Crippen molar-refractivity contribution in [1.82, 2.24) is 0 Å². The number of hydrogen-bond donors (Lipinski definition) is 0. The maximum absolute atomic E-state index is 13.0. The zero-order valence-corrected chi connectivity index (χ0v) is 17.7. The highest BCUT2D eigenvalue weighted by atomic mass is 35.5. The summed E-state index contributed by atoms with van der Waals surface area (Å²) in [5.74, 6) is -0.358. The van der Waals surface area contributed by atoms with Crippen molar-refractivity contribution >= 4 is 52.0 Å². The number of non-ortho nitro benzene ring substituents is 1. The molecule has 3 aromatic rings. The number of benzene rings is 2. The molecule has 7 nitrogen and oxygen atoms in total. The molecule has 0 radical (unpaired) electrons. The van der Waals surface area contributed by atoms with E-state index in [-0.39, 0.29) is 32.8 Å². The van der Waals surface area contributed by atoms with Gasteiger partial charge in [-0.25, -0.2) is 4.90 Å². The molecule has 1 aromatic heterocycles. The maximum atomic E-state index is 13.0. The predicted octanol–water partition coefficient (Wildman–Crippen LogP) is 6.77. The lowest BCUT2D eigenvalue weighted by atomic mass is 10.1. The van der Waals surface area contributed by atoms with Gasteiger partial charge in [0, 0.05) is 23.8 Å². The number of anilines is 1. The Morgan fingerprint density at radius 1 is 1.09 bits per heavy atom. The van der Waals surface area contributed by atoms with Crippen molar-refractivity contribution in [1.29, 1.82) is 0 Å². The summed E-state index contributed by atoms with van der Waals surface area (Å²) in [5, 5.41) is 10.2. The van der Waals surface area contributed by atoms with Crippen molar-refractivity contribution in [2.24, 2.45) is 0 Å². The molecule has 12 heteroatoms. The maximum Gasteiger partial charge on any atom is 0.416 e. The minimum absolute atomic E-state index is 0.0480. The van der Waals surface area contributed by atoms with Crippen molar-refractivity contribution in [3.8, 4) is 11.3 Å². The van der Waals surface area contributed by atoms with E-state index >= 15 is 0 Å².